The first-order valence-electron chi connectivity index (χ1n) is 40.3. The zero-order valence-corrected chi connectivity index (χ0v) is 64.1. The molecule has 2 unspecified atom stereocenters. The highest BCUT2D eigenvalue weighted by molar-refractivity contribution is 7.47. The Balaban J connectivity index is 5.16. The molecule has 0 bridgehead atoms. The molecule has 0 saturated carbocycles. The summed E-state index contributed by atoms with van der Waals surface area (Å²) in [5, 5.41) is 10.6. The summed E-state index contributed by atoms with van der Waals surface area (Å²) in [5.74, 6) is -2.11. The van der Waals surface area contributed by atoms with Crippen LogP contribution in [-0.2, 0) is 65.4 Å². The molecule has 5 atom stereocenters. The highest BCUT2D eigenvalue weighted by atomic mass is 31.2. The number of aliphatic hydroxyl groups is 1. The minimum absolute atomic E-state index is 0.107. The predicted molar refractivity (Wildman–Crippen MR) is 391 cm³/mol. The van der Waals surface area contributed by atoms with E-state index in [1.165, 1.54) is 244 Å². The van der Waals surface area contributed by atoms with Crippen LogP contribution in [0.15, 0.2) is 0 Å². The SMILES string of the molecule is CCCCCCCCCCCCCCCCCCCCCCCCC(=O)O[C@H](COC(=O)CCCCCCCCCCCCCCCCC)COP(=O)(O)OC[C@@H](O)COP(=O)(O)OC[C@@H](COC(=O)CCCCCCCCCCC)OC(=O)CCCCCCCCCCCC. The van der Waals surface area contributed by atoms with Crippen molar-refractivity contribution in [2.24, 2.45) is 0 Å². The zero-order chi connectivity index (χ0) is 70.4. The second kappa shape index (κ2) is 71.5. The molecule has 0 rings (SSSR count). The number of hydrogen-bond acceptors (Lipinski definition) is 15. The molecule has 0 spiro atoms. The van der Waals surface area contributed by atoms with E-state index in [-0.39, 0.29) is 25.7 Å². The van der Waals surface area contributed by atoms with E-state index in [1.807, 2.05) is 0 Å². The molecule has 0 aliphatic rings. The molecule has 0 radical (unpaired) electrons. The van der Waals surface area contributed by atoms with Gasteiger partial charge in [-0.25, -0.2) is 9.13 Å². The second-order valence-corrected chi connectivity index (χ2v) is 30.7. The zero-order valence-electron chi connectivity index (χ0n) is 62.4. The van der Waals surface area contributed by atoms with Gasteiger partial charge in [0.15, 0.2) is 12.2 Å². The lowest BCUT2D eigenvalue weighted by Gasteiger charge is -2.21. The average Bonchev–Trinajstić information content (AvgIpc) is 1.22. The number of unbranched alkanes of at least 4 members (excludes halogenated alkanes) is 52. The van der Waals surface area contributed by atoms with Crippen LogP contribution in [0.25, 0.3) is 0 Å². The number of rotatable bonds is 78. The standard InChI is InChI=1S/C77H150O17P2/c1-5-9-13-17-21-25-28-30-32-33-34-35-36-37-38-40-42-44-48-52-56-60-64-77(82)94-73(68-88-75(80)62-58-54-50-47-43-41-39-31-29-26-22-18-14-10-6-2)70-92-96(85,86)90-66-71(78)65-89-95(83,84)91-69-72(67-87-74(79)61-57-53-49-45-24-20-16-12-8-4)93-76(81)63-59-55-51-46-27-23-19-15-11-7-3/h71-73,78H,5-70H2,1-4H3,(H,83,84)(H,85,86)/t71-,72+,73+/m0/s1. The number of esters is 4. The minimum atomic E-state index is -4.96. The summed E-state index contributed by atoms with van der Waals surface area (Å²) in [6, 6.07) is 0. The summed E-state index contributed by atoms with van der Waals surface area (Å²) >= 11 is 0. The maximum atomic E-state index is 13.1. The monoisotopic (exact) mass is 1410 g/mol. The van der Waals surface area contributed by atoms with Crippen LogP contribution in [0.5, 0.6) is 0 Å². The molecule has 0 aliphatic carbocycles. The Hall–Kier alpha value is -1.94. The lowest BCUT2D eigenvalue weighted by molar-refractivity contribution is -0.161. The Bertz CT molecular complexity index is 1830. The molecule has 0 aliphatic heterocycles. The Morgan fingerprint density at radius 3 is 0.615 bits per heavy atom. The number of carbonyl (C=O) groups excluding carboxylic acids is 4. The fourth-order valence-corrected chi connectivity index (χ4v) is 13.5. The third kappa shape index (κ3) is 70.5. The summed E-state index contributed by atoms with van der Waals surface area (Å²) in [7, 11) is -9.90. The van der Waals surface area contributed by atoms with Crippen molar-refractivity contribution in [2.75, 3.05) is 39.6 Å². The number of ether oxygens (including phenoxy) is 4. The minimum Gasteiger partial charge on any atom is -0.462 e. The van der Waals surface area contributed by atoms with Crippen LogP contribution in [0, 0.1) is 0 Å². The topological polar surface area (TPSA) is 237 Å². The van der Waals surface area contributed by atoms with E-state index in [2.05, 4.69) is 27.7 Å². The average molecular weight is 1410 g/mol. The van der Waals surface area contributed by atoms with E-state index in [9.17, 15) is 43.2 Å². The van der Waals surface area contributed by atoms with Gasteiger partial charge in [0.25, 0.3) is 0 Å². The van der Waals surface area contributed by atoms with Gasteiger partial charge < -0.3 is 33.8 Å². The van der Waals surface area contributed by atoms with Crippen molar-refractivity contribution in [2.45, 2.75) is 431 Å². The summed E-state index contributed by atoms with van der Waals surface area (Å²) in [4.78, 5) is 72.7. The van der Waals surface area contributed by atoms with Gasteiger partial charge in [0.2, 0.25) is 0 Å². The quantitative estimate of drug-likeness (QED) is 0.0222. The molecule has 0 fully saturated rings. The molecule has 0 aromatic carbocycles. The smallest absolute Gasteiger partial charge is 0.462 e. The van der Waals surface area contributed by atoms with Gasteiger partial charge in [0.1, 0.15) is 19.3 Å². The van der Waals surface area contributed by atoms with E-state index in [4.69, 9.17) is 37.0 Å². The number of carbonyl (C=O) groups is 4. The molecule has 570 valence electrons. The molecular formula is C77H150O17P2. The van der Waals surface area contributed by atoms with Gasteiger partial charge in [-0.3, -0.25) is 37.3 Å². The predicted octanol–water partition coefficient (Wildman–Crippen LogP) is 23.0. The fraction of sp³-hybridized carbons (Fsp3) is 0.948. The van der Waals surface area contributed by atoms with Crippen LogP contribution < -0.4 is 0 Å². The molecule has 0 amide bonds. The number of phosphoric acid groups is 2. The van der Waals surface area contributed by atoms with Gasteiger partial charge in [-0.2, -0.15) is 0 Å². The van der Waals surface area contributed by atoms with E-state index >= 15 is 0 Å². The lowest BCUT2D eigenvalue weighted by atomic mass is 10.0. The maximum absolute atomic E-state index is 13.1. The van der Waals surface area contributed by atoms with Crippen LogP contribution in [0.1, 0.15) is 413 Å². The van der Waals surface area contributed by atoms with Crippen LogP contribution in [0.3, 0.4) is 0 Å². The van der Waals surface area contributed by atoms with Crippen molar-refractivity contribution >= 4 is 39.5 Å². The van der Waals surface area contributed by atoms with Crippen molar-refractivity contribution in [3.05, 3.63) is 0 Å². The first-order chi connectivity index (χ1) is 46.7. The molecule has 19 heteroatoms. The van der Waals surface area contributed by atoms with Crippen molar-refractivity contribution in [3.63, 3.8) is 0 Å². The molecule has 3 N–H and O–H groups in total. The van der Waals surface area contributed by atoms with Crippen LogP contribution in [-0.4, -0.2) is 96.7 Å². The normalized spacial score (nSPS) is 13.9. The fourth-order valence-electron chi connectivity index (χ4n) is 11.9. The number of hydrogen-bond donors (Lipinski definition) is 3. The number of aliphatic hydroxyl groups excluding tert-OH is 1. The van der Waals surface area contributed by atoms with Gasteiger partial charge in [-0.15, -0.1) is 0 Å². The van der Waals surface area contributed by atoms with Gasteiger partial charge in [0, 0.05) is 25.7 Å². The Morgan fingerprint density at radius 1 is 0.250 bits per heavy atom. The third-order valence-corrected chi connectivity index (χ3v) is 20.0. The first-order valence-corrected chi connectivity index (χ1v) is 43.3. The lowest BCUT2D eigenvalue weighted by Crippen LogP contribution is -2.30. The third-order valence-electron chi connectivity index (χ3n) is 18.1. The Morgan fingerprint density at radius 2 is 0.417 bits per heavy atom. The van der Waals surface area contributed by atoms with Crippen molar-refractivity contribution in [1.29, 1.82) is 0 Å². The Kier molecular flexibility index (Phi) is 70.0. The van der Waals surface area contributed by atoms with Crippen LogP contribution >= 0.6 is 15.6 Å². The second-order valence-electron chi connectivity index (χ2n) is 27.7. The molecular weight excluding hydrogens is 1260 g/mol. The van der Waals surface area contributed by atoms with Crippen molar-refractivity contribution in [1.82, 2.24) is 0 Å². The van der Waals surface area contributed by atoms with Gasteiger partial charge in [-0.05, 0) is 25.7 Å². The highest BCUT2D eigenvalue weighted by Crippen LogP contribution is 2.45. The van der Waals surface area contributed by atoms with E-state index < -0.39 is 97.5 Å². The largest absolute Gasteiger partial charge is 0.472 e. The van der Waals surface area contributed by atoms with Crippen LogP contribution in [0.2, 0.25) is 0 Å². The molecule has 0 heterocycles. The van der Waals surface area contributed by atoms with Crippen molar-refractivity contribution in [3.8, 4) is 0 Å². The van der Waals surface area contributed by atoms with E-state index in [1.54, 1.807) is 0 Å². The maximum Gasteiger partial charge on any atom is 0.472 e. The molecule has 17 nitrogen and oxygen atoms in total. The van der Waals surface area contributed by atoms with E-state index in [0.29, 0.717) is 25.7 Å². The molecule has 0 aromatic rings. The van der Waals surface area contributed by atoms with Gasteiger partial charge in [0.05, 0.1) is 26.4 Å². The molecule has 0 saturated heterocycles. The van der Waals surface area contributed by atoms with Gasteiger partial charge >= 0.3 is 39.5 Å². The number of phosphoric ester groups is 2. The molecule has 96 heavy (non-hydrogen) atoms. The first kappa shape index (κ1) is 94.1. The summed E-state index contributed by atoms with van der Waals surface area (Å²) < 4.78 is 68.5. The van der Waals surface area contributed by atoms with Crippen molar-refractivity contribution < 1.29 is 80.2 Å². The Labute approximate surface area is 588 Å². The highest BCUT2D eigenvalue weighted by Gasteiger charge is 2.30. The van der Waals surface area contributed by atoms with Gasteiger partial charge in [-0.1, -0.05) is 362 Å². The van der Waals surface area contributed by atoms with E-state index in [0.717, 1.165) is 89.9 Å². The summed E-state index contributed by atoms with van der Waals surface area (Å²) in [5.41, 5.74) is 0. The van der Waals surface area contributed by atoms with Crippen LogP contribution in [0.4, 0.5) is 0 Å². The summed E-state index contributed by atoms with van der Waals surface area (Å²) in [6.07, 6.45) is 62.6. The summed E-state index contributed by atoms with van der Waals surface area (Å²) in [6.45, 7) is 4.97. The molecule has 0 aromatic heterocycles.